The van der Waals surface area contributed by atoms with Gasteiger partial charge in [-0.25, -0.2) is 0 Å². The van der Waals surface area contributed by atoms with Gasteiger partial charge in [0.2, 0.25) is 0 Å². The monoisotopic (exact) mass is 185 g/mol. The number of rotatable bonds is 5. The van der Waals surface area contributed by atoms with Crippen LogP contribution in [0, 0.1) is 0 Å². The molecule has 1 heterocycles. The smallest absolute Gasteiger partial charge is 0.132 e. The number of hydrogen-bond acceptors (Lipinski definition) is 4. The lowest BCUT2D eigenvalue weighted by molar-refractivity contribution is 0.127. The van der Waals surface area contributed by atoms with E-state index in [0.29, 0.717) is 31.1 Å². The van der Waals surface area contributed by atoms with Crippen molar-refractivity contribution in [1.82, 2.24) is 0 Å². The van der Waals surface area contributed by atoms with Gasteiger partial charge in [0.15, 0.2) is 0 Å². The van der Waals surface area contributed by atoms with Crippen LogP contribution in [0.15, 0.2) is 16.5 Å². The molecule has 74 valence electrons. The fraction of sp³-hybridized carbons (Fsp3) is 0.556. The Kier molecular flexibility index (Phi) is 3.95. The highest BCUT2D eigenvalue weighted by Crippen LogP contribution is 2.19. The summed E-state index contributed by atoms with van der Waals surface area (Å²) in [6.07, 6.45) is -0.0875. The maximum atomic E-state index is 9.49. The fourth-order valence-electron chi connectivity index (χ4n) is 1.09. The maximum absolute atomic E-state index is 9.49. The first-order valence-electron chi connectivity index (χ1n) is 4.23. The molecule has 1 aromatic heterocycles. The number of methoxy groups -OCH3 is 1. The number of aliphatic hydroxyl groups excluding tert-OH is 1. The van der Waals surface area contributed by atoms with Crippen LogP contribution in [-0.2, 0) is 11.3 Å². The Morgan fingerprint density at radius 3 is 3.00 bits per heavy atom. The van der Waals surface area contributed by atoms with Crippen LogP contribution in [0.5, 0.6) is 0 Å². The molecule has 1 aromatic rings. The van der Waals surface area contributed by atoms with Crippen molar-refractivity contribution in [1.29, 1.82) is 0 Å². The molecule has 4 heteroatoms. The third kappa shape index (κ3) is 2.84. The van der Waals surface area contributed by atoms with Crippen LogP contribution in [0.3, 0.4) is 0 Å². The summed E-state index contributed by atoms with van der Waals surface area (Å²) in [5, 5.41) is 9.49. The Balaban J connectivity index is 2.56. The van der Waals surface area contributed by atoms with Gasteiger partial charge < -0.3 is 20.0 Å². The normalized spacial score (nSPS) is 13.2. The van der Waals surface area contributed by atoms with E-state index in [1.54, 1.807) is 19.2 Å². The summed E-state index contributed by atoms with van der Waals surface area (Å²) in [5.41, 5.74) is 5.31. The minimum Gasteiger partial charge on any atom is -0.461 e. The molecule has 0 amide bonds. The number of aliphatic hydroxyl groups is 1. The van der Waals surface area contributed by atoms with E-state index in [4.69, 9.17) is 14.9 Å². The van der Waals surface area contributed by atoms with Gasteiger partial charge in [-0.1, -0.05) is 0 Å². The number of furan rings is 1. The first kappa shape index (κ1) is 10.2. The van der Waals surface area contributed by atoms with Crippen molar-refractivity contribution in [2.75, 3.05) is 13.7 Å². The van der Waals surface area contributed by atoms with E-state index >= 15 is 0 Å². The maximum Gasteiger partial charge on any atom is 0.132 e. The third-order valence-corrected chi connectivity index (χ3v) is 1.74. The van der Waals surface area contributed by atoms with Crippen LogP contribution < -0.4 is 5.73 Å². The lowest BCUT2D eigenvalue weighted by Gasteiger charge is -2.04. The lowest BCUT2D eigenvalue weighted by Crippen LogP contribution is -2.05. The molecule has 0 saturated carbocycles. The molecule has 0 aliphatic heterocycles. The fourth-order valence-corrected chi connectivity index (χ4v) is 1.09. The van der Waals surface area contributed by atoms with Crippen molar-refractivity contribution in [2.45, 2.75) is 19.1 Å². The van der Waals surface area contributed by atoms with Gasteiger partial charge in [0, 0.05) is 7.11 Å². The molecular weight excluding hydrogens is 170 g/mol. The Morgan fingerprint density at radius 1 is 1.62 bits per heavy atom. The molecule has 1 atom stereocenters. The highest BCUT2D eigenvalue weighted by Gasteiger charge is 2.10. The van der Waals surface area contributed by atoms with E-state index in [1.165, 1.54) is 0 Å². The number of ether oxygens (including phenoxy) is 1. The van der Waals surface area contributed by atoms with Gasteiger partial charge in [0.05, 0.1) is 0 Å². The Hall–Kier alpha value is -0.840. The van der Waals surface area contributed by atoms with E-state index in [2.05, 4.69) is 0 Å². The molecule has 0 saturated heterocycles. The van der Waals surface area contributed by atoms with Crippen LogP contribution in [0.2, 0.25) is 0 Å². The predicted molar refractivity (Wildman–Crippen MR) is 48.1 cm³/mol. The van der Waals surface area contributed by atoms with Crippen molar-refractivity contribution in [3.8, 4) is 0 Å². The molecule has 0 aliphatic rings. The van der Waals surface area contributed by atoms with E-state index in [1.807, 2.05) is 0 Å². The summed E-state index contributed by atoms with van der Waals surface area (Å²) in [6, 6.07) is 3.53. The standard InChI is InChI=1S/C9H15NO3/c1-12-6-7-2-3-9(13-7)8(11)4-5-10/h2-3,8,11H,4-6,10H2,1H3/t8-/m1/s1. The average Bonchev–Trinajstić information content (AvgIpc) is 2.54. The molecule has 0 unspecified atom stereocenters. The van der Waals surface area contributed by atoms with Crippen molar-refractivity contribution < 1.29 is 14.3 Å². The largest absolute Gasteiger partial charge is 0.461 e. The Bertz CT molecular complexity index is 247. The Labute approximate surface area is 77.3 Å². The summed E-state index contributed by atoms with van der Waals surface area (Å²) in [7, 11) is 1.60. The average molecular weight is 185 g/mol. The van der Waals surface area contributed by atoms with Gasteiger partial charge in [-0.3, -0.25) is 0 Å². The van der Waals surface area contributed by atoms with E-state index in [-0.39, 0.29) is 0 Å². The first-order valence-corrected chi connectivity index (χ1v) is 4.23. The topological polar surface area (TPSA) is 68.6 Å². The summed E-state index contributed by atoms with van der Waals surface area (Å²) in [4.78, 5) is 0. The van der Waals surface area contributed by atoms with Gasteiger partial charge >= 0.3 is 0 Å². The van der Waals surface area contributed by atoms with E-state index < -0.39 is 6.10 Å². The lowest BCUT2D eigenvalue weighted by atomic mass is 10.2. The SMILES string of the molecule is COCc1ccc([C@H](O)CCN)o1. The molecule has 0 spiro atoms. The van der Waals surface area contributed by atoms with Crippen LogP contribution >= 0.6 is 0 Å². The Morgan fingerprint density at radius 2 is 2.38 bits per heavy atom. The van der Waals surface area contributed by atoms with Crippen molar-refractivity contribution in [3.63, 3.8) is 0 Å². The zero-order valence-corrected chi connectivity index (χ0v) is 7.69. The van der Waals surface area contributed by atoms with Gasteiger partial charge in [0.1, 0.15) is 24.2 Å². The highest BCUT2D eigenvalue weighted by atomic mass is 16.5. The summed E-state index contributed by atoms with van der Waals surface area (Å²) in [6.45, 7) is 0.872. The molecule has 4 nitrogen and oxygen atoms in total. The van der Waals surface area contributed by atoms with Crippen LogP contribution in [0.1, 0.15) is 24.0 Å². The second-order valence-electron chi connectivity index (χ2n) is 2.83. The molecule has 3 N–H and O–H groups in total. The molecule has 1 rings (SSSR count). The molecule has 0 aromatic carbocycles. The predicted octanol–water partition coefficient (Wildman–Crippen LogP) is 0.808. The minimum atomic E-state index is -0.601. The molecule has 0 radical (unpaired) electrons. The second-order valence-corrected chi connectivity index (χ2v) is 2.83. The molecule has 13 heavy (non-hydrogen) atoms. The zero-order chi connectivity index (χ0) is 9.68. The van der Waals surface area contributed by atoms with Gasteiger partial charge in [-0.05, 0) is 25.1 Å². The first-order chi connectivity index (χ1) is 6.27. The van der Waals surface area contributed by atoms with Crippen molar-refractivity contribution >= 4 is 0 Å². The zero-order valence-electron chi connectivity index (χ0n) is 7.69. The molecular formula is C9H15NO3. The van der Waals surface area contributed by atoms with Crippen molar-refractivity contribution in [2.24, 2.45) is 5.73 Å². The second kappa shape index (κ2) is 5.01. The molecule has 0 fully saturated rings. The number of hydrogen-bond donors (Lipinski definition) is 2. The summed E-state index contributed by atoms with van der Waals surface area (Å²) in [5.74, 6) is 1.27. The summed E-state index contributed by atoms with van der Waals surface area (Å²) >= 11 is 0. The summed E-state index contributed by atoms with van der Waals surface area (Å²) < 4.78 is 10.2. The number of nitrogens with two attached hydrogens (primary N) is 1. The highest BCUT2D eigenvalue weighted by molar-refractivity contribution is 5.08. The minimum absolute atomic E-state index is 0.426. The van der Waals surface area contributed by atoms with E-state index in [0.717, 1.165) is 0 Å². The molecule has 0 aliphatic carbocycles. The third-order valence-electron chi connectivity index (χ3n) is 1.74. The van der Waals surface area contributed by atoms with Crippen molar-refractivity contribution in [3.05, 3.63) is 23.7 Å². The van der Waals surface area contributed by atoms with Crippen LogP contribution in [0.25, 0.3) is 0 Å². The molecule has 0 bridgehead atoms. The van der Waals surface area contributed by atoms with E-state index in [9.17, 15) is 5.11 Å². The van der Waals surface area contributed by atoms with Gasteiger partial charge in [-0.2, -0.15) is 0 Å². The van der Waals surface area contributed by atoms with Crippen LogP contribution in [0.4, 0.5) is 0 Å². The van der Waals surface area contributed by atoms with Gasteiger partial charge in [0.25, 0.3) is 0 Å². The van der Waals surface area contributed by atoms with Gasteiger partial charge in [-0.15, -0.1) is 0 Å². The quantitative estimate of drug-likeness (QED) is 0.712. The van der Waals surface area contributed by atoms with Crippen LogP contribution in [-0.4, -0.2) is 18.8 Å².